The largest absolute Gasteiger partial charge is 0.465 e. The predicted octanol–water partition coefficient (Wildman–Crippen LogP) is 1.56. The van der Waals surface area contributed by atoms with Crippen LogP contribution in [0.25, 0.3) is 0 Å². The third-order valence-electron chi connectivity index (χ3n) is 4.11. The smallest absolute Gasteiger partial charge is 0.341 e. The Morgan fingerprint density at radius 2 is 2.12 bits per heavy atom. The van der Waals surface area contributed by atoms with Crippen LogP contribution in [0.1, 0.15) is 27.2 Å². The van der Waals surface area contributed by atoms with Crippen LogP contribution in [0, 0.1) is 0 Å². The molecule has 2 heterocycles. The molecular formula is C16H21N3O4S2. The zero-order valence-electron chi connectivity index (χ0n) is 14.1. The van der Waals surface area contributed by atoms with Crippen LogP contribution in [0.15, 0.2) is 4.99 Å². The summed E-state index contributed by atoms with van der Waals surface area (Å²) in [6.45, 7) is 2.62. The molecule has 0 radical (unpaired) electrons. The van der Waals surface area contributed by atoms with Crippen molar-refractivity contribution >= 4 is 45.1 Å². The highest BCUT2D eigenvalue weighted by molar-refractivity contribution is 8.14. The standard InChI is InChI=1S/C16H21N3O4S2/c1-22-15(21)13-10-3-2-4-11(10)25-14(13)18-16(24-9-12(17)20)19-5-7-23-8-6-19/h2-9H2,1H3,(H2,17,20). The van der Waals surface area contributed by atoms with E-state index in [9.17, 15) is 9.59 Å². The summed E-state index contributed by atoms with van der Waals surface area (Å²) < 4.78 is 10.4. The number of nitrogens with zero attached hydrogens (tertiary/aromatic N) is 2. The number of morpholine rings is 1. The number of esters is 1. The second kappa shape index (κ2) is 8.20. The highest BCUT2D eigenvalue weighted by atomic mass is 32.2. The van der Waals surface area contributed by atoms with Crippen molar-refractivity contribution in [3.63, 3.8) is 0 Å². The molecule has 1 amide bonds. The highest BCUT2D eigenvalue weighted by Crippen LogP contribution is 2.41. The summed E-state index contributed by atoms with van der Waals surface area (Å²) in [6.07, 6.45) is 2.91. The first kappa shape index (κ1) is 18.2. The quantitative estimate of drug-likeness (QED) is 0.482. The molecule has 9 heteroatoms. The number of carbonyl (C=O) groups is 2. The number of hydrogen-bond acceptors (Lipinski definition) is 7. The Balaban J connectivity index is 1.95. The van der Waals surface area contributed by atoms with Crippen molar-refractivity contribution in [2.24, 2.45) is 10.7 Å². The monoisotopic (exact) mass is 383 g/mol. The molecule has 25 heavy (non-hydrogen) atoms. The van der Waals surface area contributed by atoms with Gasteiger partial charge < -0.3 is 20.1 Å². The van der Waals surface area contributed by atoms with Crippen molar-refractivity contribution in [1.82, 2.24) is 4.90 Å². The number of aryl methyl sites for hydroxylation is 1. The number of fused-ring (bicyclic) bond motifs is 1. The maximum Gasteiger partial charge on any atom is 0.341 e. The van der Waals surface area contributed by atoms with Crippen molar-refractivity contribution in [2.45, 2.75) is 19.3 Å². The lowest BCUT2D eigenvalue weighted by molar-refractivity contribution is -0.115. The molecule has 3 rings (SSSR count). The van der Waals surface area contributed by atoms with E-state index in [2.05, 4.69) is 4.90 Å². The number of thiophene rings is 1. The van der Waals surface area contributed by atoms with Crippen molar-refractivity contribution in [2.75, 3.05) is 39.2 Å². The molecule has 0 bridgehead atoms. The van der Waals surface area contributed by atoms with E-state index in [1.54, 1.807) is 11.3 Å². The van der Waals surface area contributed by atoms with Crippen LogP contribution in [-0.4, -0.2) is 61.1 Å². The number of hydrogen-bond donors (Lipinski definition) is 1. The lowest BCUT2D eigenvalue weighted by atomic mass is 10.1. The van der Waals surface area contributed by atoms with Gasteiger partial charge in [0, 0.05) is 18.0 Å². The summed E-state index contributed by atoms with van der Waals surface area (Å²) in [5, 5.41) is 1.36. The minimum absolute atomic E-state index is 0.148. The number of methoxy groups -OCH3 is 1. The Kier molecular flexibility index (Phi) is 5.98. The van der Waals surface area contributed by atoms with Crippen LogP contribution in [0.5, 0.6) is 0 Å². The van der Waals surface area contributed by atoms with Gasteiger partial charge in [0.1, 0.15) is 5.00 Å². The van der Waals surface area contributed by atoms with Gasteiger partial charge in [-0.3, -0.25) is 4.79 Å². The van der Waals surface area contributed by atoms with E-state index in [0.717, 1.165) is 24.8 Å². The van der Waals surface area contributed by atoms with Gasteiger partial charge in [0.2, 0.25) is 5.91 Å². The number of aliphatic imine (C=N–C) groups is 1. The fourth-order valence-corrected chi connectivity index (χ4v) is 5.05. The third kappa shape index (κ3) is 4.16. The van der Waals surface area contributed by atoms with Gasteiger partial charge in [0.15, 0.2) is 5.17 Å². The van der Waals surface area contributed by atoms with Crippen molar-refractivity contribution in [1.29, 1.82) is 0 Å². The normalized spacial score (nSPS) is 17.5. The summed E-state index contributed by atoms with van der Waals surface area (Å²) in [5.41, 5.74) is 6.93. The van der Waals surface area contributed by atoms with Gasteiger partial charge in [-0.2, -0.15) is 0 Å². The molecular weight excluding hydrogens is 362 g/mol. The highest BCUT2D eigenvalue weighted by Gasteiger charge is 2.28. The van der Waals surface area contributed by atoms with E-state index < -0.39 is 5.91 Å². The maximum atomic E-state index is 12.3. The molecule has 1 aromatic heterocycles. The molecule has 7 nitrogen and oxygen atoms in total. The zero-order chi connectivity index (χ0) is 17.8. The van der Waals surface area contributed by atoms with Gasteiger partial charge in [0.25, 0.3) is 0 Å². The van der Waals surface area contributed by atoms with Gasteiger partial charge in [-0.25, -0.2) is 9.79 Å². The van der Waals surface area contributed by atoms with Gasteiger partial charge in [-0.15, -0.1) is 11.3 Å². The Morgan fingerprint density at radius 3 is 2.80 bits per heavy atom. The summed E-state index contributed by atoms with van der Waals surface area (Å²) in [6, 6.07) is 0. The van der Waals surface area contributed by atoms with Crippen LogP contribution < -0.4 is 5.73 Å². The molecule has 0 aromatic carbocycles. The molecule has 136 valence electrons. The number of rotatable bonds is 4. The summed E-state index contributed by atoms with van der Waals surface area (Å²) in [7, 11) is 1.39. The lowest BCUT2D eigenvalue weighted by Gasteiger charge is -2.29. The lowest BCUT2D eigenvalue weighted by Crippen LogP contribution is -2.39. The SMILES string of the molecule is COC(=O)c1c(N=C(SCC(N)=O)N2CCOCC2)sc2c1CCC2. The van der Waals surface area contributed by atoms with E-state index in [-0.39, 0.29) is 11.7 Å². The van der Waals surface area contributed by atoms with Gasteiger partial charge in [-0.05, 0) is 24.8 Å². The number of ether oxygens (including phenoxy) is 2. The van der Waals surface area contributed by atoms with Crippen LogP contribution in [0.2, 0.25) is 0 Å². The third-order valence-corrected chi connectivity index (χ3v) is 6.34. The van der Waals surface area contributed by atoms with Crippen molar-refractivity contribution in [3.8, 4) is 0 Å². The fraction of sp³-hybridized carbons (Fsp3) is 0.562. The summed E-state index contributed by atoms with van der Waals surface area (Å²) >= 11 is 2.84. The van der Waals surface area contributed by atoms with Crippen LogP contribution in [-0.2, 0) is 27.1 Å². The van der Waals surface area contributed by atoms with Crippen LogP contribution >= 0.6 is 23.1 Å². The first-order valence-electron chi connectivity index (χ1n) is 8.15. The fourth-order valence-electron chi connectivity index (χ4n) is 2.95. The molecule has 0 atom stereocenters. The van der Waals surface area contributed by atoms with E-state index in [1.807, 2.05) is 0 Å². The van der Waals surface area contributed by atoms with E-state index in [4.69, 9.17) is 20.2 Å². The number of amides is 1. The Morgan fingerprint density at radius 1 is 1.36 bits per heavy atom. The predicted molar refractivity (Wildman–Crippen MR) is 98.8 cm³/mol. The minimum atomic E-state index is -0.396. The Hall–Kier alpha value is -1.58. The molecule has 2 aliphatic rings. The first-order chi connectivity index (χ1) is 12.1. The topological polar surface area (TPSA) is 94.2 Å². The molecule has 1 aliphatic carbocycles. The number of amidine groups is 1. The van der Waals surface area contributed by atoms with Gasteiger partial charge in [-0.1, -0.05) is 11.8 Å². The second-order valence-electron chi connectivity index (χ2n) is 5.78. The first-order valence-corrected chi connectivity index (χ1v) is 9.95. The van der Waals surface area contributed by atoms with Crippen LogP contribution in [0.4, 0.5) is 5.00 Å². The Bertz CT molecular complexity index is 696. The van der Waals surface area contributed by atoms with Gasteiger partial charge in [0.05, 0.1) is 31.6 Å². The Labute approximate surface area is 154 Å². The van der Waals surface area contributed by atoms with Crippen molar-refractivity contribution < 1.29 is 19.1 Å². The molecule has 1 saturated heterocycles. The maximum absolute atomic E-state index is 12.3. The van der Waals surface area contributed by atoms with E-state index in [1.165, 1.54) is 23.7 Å². The number of thioether (sulfide) groups is 1. The number of nitrogens with two attached hydrogens (primary N) is 1. The van der Waals surface area contributed by atoms with Crippen LogP contribution in [0.3, 0.4) is 0 Å². The minimum Gasteiger partial charge on any atom is -0.465 e. The average molecular weight is 383 g/mol. The molecule has 0 unspecified atom stereocenters. The molecule has 0 saturated carbocycles. The number of primary amides is 1. The summed E-state index contributed by atoms with van der Waals surface area (Å²) in [4.78, 5) is 31.5. The van der Waals surface area contributed by atoms with Gasteiger partial charge >= 0.3 is 5.97 Å². The molecule has 1 fully saturated rings. The summed E-state index contributed by atoms with van der Waals surface area (Å²) in [5.74, 6) is -0.596. The van der Waals surface area contributed by atoms with E-state index >= 15 is 0 Å². The molecule has 0 spiro atoms. The second-order valence-corrected chi connectivity index (χ2v) is 7.80. The molecule has 2 N–H and O–H groups in total. The van der Waals surface area contributed by atoms with E-state index in [0.29, 0.717) is 42.0 Å². The average Bonchev–Trinajstić information content (AvgIpc) is 3.19. The zero-order valence-corrected chi connectivity index (χ0v) is 15.7. The molecule has 1 aromatic rings. The number of carbonyl (C=O) groups excluding carboxylic acids is 2. The molecule has 1 aliphatic heterocycles. The van der Waals surface area contributed by atoms with Crippen molar-refractivity contribution in [3.05, 3.63) is 16.0 Å².